The average molecular weight is 273 g/mol. The van der Waals surface area contributed by atoms with Crippen LogP contribution >= 0.6 is 0 Å². The van der Waals surface area contributed by atoms with Gasteiger partial charge >= 0.3 is 0 Å². The van der Waals surface area contributed by atoms with Crippen LogP contribution in [0.3, 0.4) is 0 Å². The second kappa shape index (κ2) is 5.42. The lowest BCUT2D eigenvalue weighted by molar-refractivity contribution is -0.119. The van der Waals surface area contributed by atoms with Crippen molar-refractivity contribution in [2.45, 2.75) is 26.0 Å². The van der Waals surface area contributed by atoms with E-state index in [0.29, 0.717) is 24.7 Å². The van der Waals surface area contributed by atoms with E-state index in [2.05, 4.69) is 10.1 Å². The molecule has 0 spiro atoms. The van der Waals surface area contributed by atoms with Crippen molar-refractivity contribution in [1.82, 2.24) is 10.1 Å². The molecule has 1 aliphatic rings. The minimum absolute atomic E-state index is 0.0850. The molecule has 0 N–H and O–H groups in total. The average Bonchev–Trinajstić information content (AvgIpc) is 2.90. The zero-order chi connectivity index (χ0) is 13.9. The summed E-state index contributed by atoms with van der Waals surface area (Å²) in [5.41, 5.74) is 2.11. The lowest BCUT2D eigenvalue weighted by Crippen LogP contribution is -2.34. The SMILES string of the molecule is COCc1nc(CN2C(=O)CCc3ccccc32)no1. The van der Waals surface area contributed by atoms with Gasteiger partial charge in [0.05, 0.1) is 6.54 Å². The number of carbonyl (C=O) groups is 1. The Bertz CT molecular complexity index is 624. The molecule has 6 heteroatoms. The Morgan fingerprint density at radius 2 is 2.20 bits per heavy atom. The van der Waals surface area contributed by atoms with Crippen LogP contribution in [0.5, 0.6) is 0 Å². The minimum Gasteiger partial charge on any atom is -0.375 e. The van der Waals surface area contributed by atoms with Crippen LogP contribution in [0, 0.1) is 0 Å². The number of carbonyl (C=O) groups excluding carboxylic acids is 1. The summed E-state index contributed by atoms with van der Waals surface area (Å²) in [5.74, 6) is 0.990. The van der Waals surface area contributed by atoms with Gasteiger partial charge in [-0.3, -0.25) is 4.79 Å². The largest absolute Gasteiger partial charge is 0.375 e. The van der Waals surface area contributed by atoms with Gasteiger partial charge in [-0.15, -0.1) is 0 Å². The molecule has 0 atom stereocenters. The highest BCUT2D eigenvalue weighted by atomic mass is 16.5. The van der Waals surface area contributed by atoms with Gasteiger partial charge in [0.25, 0.3) is 5.89 Å². The Morgan fingerprint density at radius 3 is 3.05 bits per heavy atom. The van der Waals surface area contributed by atoms with Crippen molar-refractivity contribution < 1.29 is 14.1 Å². The van der Waals surface area contributed by atoms with Crippen molar-refractivity contribution in [3.05, 3.63) is 41.5 Å². The highest BCUT2D eigenvalue weighted by Crippen LogP contribution is 2.28. The van der Waals surface area contributed by atoms with Crippen LogP contribution < -0.4 is 4.90 Å². The number of para-hydroxylation sites is 1. The summed E-state index contributed by atoms with van der Waals surface area (Å²) in [6.45, 7) is 0.598. The van der Waals surface area contributed by atoms with Gasteiger partial charge in [0.1, 0.15) is 6.61 Å². The van der Waals surface area contributed by atoms with Gasteiger partial charge in [-0.2, -0.15) is 4.98 Å². The molecular formula is C14H15N3O3. The number of amides is 1. The van der Waals surface area contributed by atoms with Gasteiger partial charge in [-0.1, -0.05) is 23.4 Å². The summed E-state index contributed by atoms with van der Waals surface area (Å²) in [4.78, 5) is 18.0. The first-order chi connectivity index (χ1) is 9.78. The molecule has 0 aliphatic carbocycles. The number of ether oxygens (including phenoxy) is 1. The molecule has 0 saturated carbocycles. The van der Waals surface area contributed by atoms with E-state index in [1.165, 1.54) is 5.56 Å². The predicted octanol–water partition coefficient (Wildman–Crippen LogP) is 1.70. The molecular weight excluding hydrogens is 258 g/mol. The summed E-state index contributed by atoms with van der Waals surface area (Å²) in [5, 5.41) is 3.88. The Kier molecular flexibility index (Phi) is 3.47. The Morgan fingerprint density at radius 1 is 1.35 bits per heavy atom. The number of benzene rings is 1. The fourth-order valence-electron chi connectivity index (χ4n) is 2.35. The van der Waals surface area contributed by atoms with Crippen LogP contribution in [0.1, 0.15) is 23.7 Å². The molecule has 0 saturated heterocycles. The number of methoxy groups -OCH3 is 1. The van der Waals surface area contributed by atoms with Crippen LogP contribution in [0.15, 0.2) is 28.8 Å². The Labute approximate surface area is 116 Å². The smallest absolute Gasteiger partial charge is 0.252 e. The van der Waals surface area contributed by atoms with Gasteiger partial charge < -0.3 is 14.2 Å². The number of hydrogen-bond donors (Lipinski definition) is 0. The molecule has 0 bridgehead atoms. The van der Waals surface area contributed by atoms with Crippen molar-refractivity contribution in [1.29, 1.82) is 0 Å². The van der Waals surface area contributed by atoms with Crippen molar-refractivity contribution in [2.75, 3.05) is 12.0 Å². The molecule has 6 nitrogen and oxygen atoms in total. The van der Waals surface area contributed by atoms with E-state index in [0.717, 1.165) is 12.1 Å². The Hall–Kier alpha value is -2.21. The fourth-order valence-corrected chi connectivity index (χ4v) is 2.35. The lowest BCUT2D eigenvalue weighted by atomic mass is 10.0. The van der Waals surface area contributed by atoms with Crippen molar-refractivity contribution in [3.63, 3.8) is 0 Å². The molecule has 20 heavy (non-hydrogen) atoms. The molecule has 1 aliphatic heterocycles. The molecule has 1 aromatic carbocycles. The second-order valence-electron chi connectivity index (χ2n) is 4.65. The number of rotatable bonds is 4. The van der Waals surface area contributed by atoms with E-state index in [4.69, 9.17) is 9.26 Å². The monoisotopic (exact) mass is 273 g/mol. The standard InChI is InChI=1S/C14H15N3O3/c1-19-9-13-15-12(16-20-13)8-17-11-5-3-2-4-10(11)6-7-14(17)18/h2-5H,6-9H2,1H3. The van der Waals surface area contributed by atoms with Crippen LogP contribution in [0.2, 0.25) is 0 Å². The maximum Gasteiger partial charge on any atom is 0.252 e. The number of nitrogens with zero attached hydrogens (tertiary/aromatic N) is 3. The van der Waals surface area contributed by atoms with E-state index in [9.17, 15) is 4.79 Å². The topological polar surface area (TPSA) is 68.5 Å². The molecule has 1 aromatic heterocycles. The summed E-state index contributed by atoms with van der Waals surface area (Å²) >= 11 is 0. The quantitative estimate of drug-likeness (QED) is 0.848. The maximum absolute atomic E-state index is 12.1. The van der Waals surface area contributed by atoms with Crippen LogP contribution in [-0.2, 0) is 29.1 Å². The first-order valence-electron chi connectivity index (χ1n) is 6.46. The fraction of sp³-hybridized carbons (Fsp3) is 0.357. The van der Waals surface area contributed by atoms with Gasteiger partial charge in [0, 0.05) is 19.2 Å². The minimum atomic E-state index is 0.0850. The summed E-state index contributed by atoms with van der Waals surface area (Å²) < 4.78 is 9.98. The first kappa shape index (κ1) is 12.8. The Balaban J connectivity index is 1.83. The van der Waals surface area contributed by atoms with E-state index in [-0.39, 0.29) is 12.5 Å². The third-order valence-corrected chi connectivity index (χ3v) is 3.27. The van der Waals surface area contributed by atoms with Gasteiger partial charge in [0.2, 0.25) is 5.91 Å². The van der Waals surface area contributed by atoms with Crippen molar-refractivity contribution in [2.24, 2.45) is 0 Å². The van der Waals surface area contributed by atoms with E-state index >= 15 is 0 Å². The summed E-state index contributed by atoms with van der Waals surface area (Å²) in [6.07, 6.45) is 1.30. The molecule has 0 fully saturated rings. The van der Waals surface area contributed by atoms with E-state index in [1.807, 2.05) is 24.3 Å². The zero-order valence-corrected chi connectivity index (χ0v) is 11.2. The molecule has 2 aromatic rings. The third-order valence-electron chi connectivity index (χ3n) is 3.27. The molecule has 2 heterocycles. The van der Waals surface area contributed by atoms with Crippen LogP contribution in [0.25, 0.3) is 0 Å². The molecule has 1 amide bonds. The summed E-state index contributed by atoms with van der Waals surface area (Å²) in [7, 11) is 1.56. The lowest BCUT2D eigenvalue weighted by Gasteiger charge is -2.28. The number of anilines is 1. The highest BCUT2D eigenvalue weighted by molar-refractivity contribution is 5.96. The van der Waals surface area contributed by atoms with Crippen LogP contribution in [0.4, 0.5) is 5.69 Å². The van der Waals surface area contributed by atoms with Crippen LogP contribution in [-0.4, -0.2) is 23.2 Å². The molecule has 0 radical (unpaired) electrons. The van der Waals surface area contributed by atoms with Crippen molar-refractivity contribution >= 4 is 11.6 Å². The second-order valence-corrected chi connectivity index (χ2v) is 4.65. The van der Waals surface area contributed by atoms with Gasteiger partial charge in [-0.25, -0.2) is 0 Å². The number of aromatic nitrogens is 2. The molecule has 0 unspecified atom stereocenters. The number of fused-ring (bicyclic) bond motifs is 1. The number of aryl methyl sites for hydroxylation is 1. The first-order valence-corrected chi connectivity index (χ1v) is 6.46. The molecule has 3 rings (SSSR count). The predicted molar refractivity (Wildman–Crippen MR) is 71.0 cm³/mol. The van der Waals surface area contributed by atoms with Crippen molar-refractivity contribution in [3.8, 4) is 0 Å². The maximum atomic E-state index is 12.1. The third kappa shape index (κ3) is 2.42. The summed E-state index contributed by atoms with van der Waals surface area (Å²) in [6, 6.07) is 7.90. The van der Waals surface area contributed by atoms with E-state index < -0.39 is 0 Å². The normalized spacial score (nSPS) is 14.4. The molecule has 104 valence electrons. The number of hydrogen-bond acceptors (Lipinski definition) is 5. The highest BCUT2D eigenvalue weighted by Gasteiger charge is 2.25. The van der Waals surface area contributed by atoms with Gasteiger partial charge in [0.15, 0.2) is 5.82 Å². The van der Waals surface area contributed by atoms with Gasteiger partial charge in [-0.05, 0) is 18.1 Å². The zero-order valence-electron chi connectivity index (χ0n) is 11.2. The van der Waals surface area contributed by atoms with E-state index in [1.54, 1.807) is 12.0 Å².